The number of nitrogens with one attached hydrogen (secondary N) is 1. The molecule has 1 aromatic rings. The number of hydrogen-bond donors (Lipinski definition) is 1. The standard InChI is InChI=1S/C9H13N3O/c1-7(2)9(13)11-6-12-5-4-10-8(12)3/h4-5H,1,6H2,2-3H3,(H,11,13). The average molecular weight is 179 g/mol. The molecule has 0 radical (unpaired) electrons. The van der Waals surface area contributed by atoms with Crippen LogP contribution >= 0.6 is 0 Å². The molecule has 1 aromatic heterocycles. The Labute approximate surface area is 77.3 Å². The molecule has 0 spiro atoms. The Hall–Kier alpha value is -1.58. The summed E-state index contributed by atoms with van der Waals surface area (Å²) < 4.78 is 1.85. The number of imidazole rings is 1. The fourth-order valence-corrected chi connectivity index (χ4v) is 0.879. The summed E-state index contributed by atoms with van der Waals surface area (Å²) in [6.07, 6.45) is 3.51. The van der Waals surface area contributed by atoms with Crippen LogP contribution in [0.4, 0.5) is 0 Å². The summed E-state index contributed by atoms with van der Waals surface area (Å²) >= 11 is 0. The monoisotopic (exact) mass is 179 g/mol. The lowest BCUT2D eigenvalue weighted by Gasteiger charge is -2.06. The van der Waals surface area contributed by atoms with Crippen LogP contribution in [0.2, 0.25) is 0 Å². The average Bonchev–Trinajstić information content (AvgIpc) is 2.47. The van der Waals surface area contributed by atoms with Gasteiger partial charge in [0.1, 0.15) is 5.82 Å². The van der Waals surface area contributed by atoms with E-state index in [1.807, 2.05) is 17.7 Å². The molecule has 1 N–H and O–H groups in total. The van der Waals surface area contributed by atoms with E-state index in [-0.39, 0.29) is 5.91 Å². The van der Waals surface area contributed by atoms with E-state index in [4.69, 9.17) is 0 Å². The minimum absolute atomic E-state index is 0.131. The first kappa shape index (κ1) is 9.51. The Balaban J connectivity index is 2.48. The molecular weight excluding hydrogens is 166 g/mol. The van der Waals surface area contributed by atoms with E-state index in [0.717, 1.165) is 5.82 Å². The second-order valence-corrected chi connectivity index (χ2v) is 2.89. The molecule has 4 nitrogen and oxygen atoms in total. The van der Waals surface area contributed by atoms with E-state index in [9.17, 15) is 4.79 Å². The highest BCUT2D eigenvalue weighted by atomic mass is 16.1. The molecule has 1 rings (SSSR count). The Kier molecular flexibility index (Phi) is 2.84. The van der Waals surface area contributed by atoms with Crippen molar-refractivity contribution in [2.24, 2.45) is 0 Å². The van der Waals surface area contributed by atoms with Gasteiger partial charge < -0.3 is 9.88 Å². The van der Waals surface area contributed by atoms with Crippen molar-refractivity contribution in [3.8, 4) is 0 Å². The fraction of sp³-hybridized carbons (Fsp3) is 0.333. The molecule has 0 aliphatic carbocycles. The topological polar surface area (TPSA) is 46.9 Å². The molecule has 1 heterocycles. The van der Waals surface area contributed by atoms with Gasteiger partial charge in [-0.2, -0.15) is 0 Å². The molecule has 70 valence electrons. The number of rotatable bonds is 3. The third-order valence-electron chi connectivity index (χ3n) is 1.72. The molecule has 0 saturated heterocycles. The maximum Gasteiger partial charge on any atom is 0.247 e. The highest BCUT2D eigenvalue weighted by Gasteiger charge is 2.01. The second kappa shape index (κ2) is 3.89. The SMILES string of the molecule is C=C(C)C(=O)NCn1ccnc1C. The number of aromatic nitrogens is 2. The van der Waals surface area contributed by atoms with Crippen LogP contribution in [0.25, 0.3) is 0 Å². The minimum atomic E-state index is -0.131. The first-order chi connectivity index (χ1) is 6.11. The number of hydrogen-bond acceptors (Lipinski definition) is 2. The molecule has 1 amide bonds. The van der Waals surface area contributed by atoms with Crippen LogP contribution in [0.1, 0.15) is 12.7 Å². The molecule has 0 aliphatic heterocycles. The van der Waals surface area contributed by atoms with Crippen LogP contribution in [-0.2, 0) is 11.5 Å². The minimum Gasteiger partial charge on any atom is -0.334 e. The molecule has 13 heavy (non-hydrogen) atoms. The molecule has 0 fully saturated rings. The predicted molar refractivity (Wildman–Crippen MR) is 49.9 cm³/mol. The fourth-order valence-electron chi connectivity index (χ4n) is 0.879. The van der Waals surface area contributed by atoms with Gasteiger partial charge in [0, 0.05) is 18.0 Å². The van der Waals surface area contributed by atoms with Crippen LogP contribution in [0, 0.1) is 6.92 Å². The molecular formula is C9H13N3O. The van der Waals surface area contributed by atoms with Gasteiger partial charge in [-0.05, 0) is 13.8 Å². The number of carbonyl (C=O) groups is 1. The first-order valence-corrected chi connectivity index (χ1v) is 4.02. The highest BCUT2D eigenvalue weighted by molar-refractivity contribution is 5.91. The summed E-state index contributed by atoms with van der Waals surface area (Å²) in [5, 5.41) is 2.71. The van der Waals surface area contributed by atoms with Gasteiger partial charge in [0.25, 0.3) is 0 Å². The molecule has 0 unspecified atom stereocenters. The molecule has 4 heteroatoms. The number of amides is 1. The van der Waals surface area contributed by atoms with E-state index in [2.05, 4.69) is 16.9 Å². The quantitative estimate of drug-likeness (QED) is 0.699. The molecule has 0 saturated carbocycles. The van der Waals surface area contributed by atoms with Crippen molar-refractivity contribution in [1.82, 2.24) is 14.9 Å². The van der Waals surface area contributed by atoms with Crippen molar-refractivity contribution in [1.29, 1.82) is 0 Å². The lowest BCUT2D eigenvalue weighted by atomic mass is 10.3. The van der Waals surface area contributed by atoms with Gasteiger partial charge in [-0.15, -0.1) is 0 Å². The van der Waals surface area contributed by atoms with Gasteiger partial charge in [0.05, 0.1) is 6.67 Å². The van der Waals surface area contributed by atoms with Crippen LogP contribution in [0.15, 0.2) is 24.5 Å². The molecule has 0 atom stereocenters. The van der Waals surface area contributed by atoms with Gasteiger partial charge in [-0.3, -0.25) is 4.79 Å². The zero-order chi connectivity index (χ0) is 9.84. The summed E-state index contributed by atoms with van der Waals surface area (Å²) in [6.45, 7) is 7.54. The molecule has 0 bridgehead atoms. The Morgan fingerprint density at radius 3 is 2.92 bits per heavy atom. The lowest BCUT2D eigenvalue weighted by Crippen LogP contribution is -2.26. The zero-order valence-electron chi connectivity index (χ0n) is 7.87. The van der Waals surface area contributed by atoms with Crippen LogP contribution in [0.5, 0.6) is 0 Å². The van der Waals surface area contributed by atoms with Gasteiger partial charge in [-0.25, -0.2) is 4.98 Å². The summed E-state index contributed by atoms with van der Waals surface area (Å²) in [4.78, 5) is 15.1. The maximum atomic E-state index is 11.1. The smallest absolute Gasteiger partial charge is 0.247 e. The van der Waals surface area contributed by atoms with E-state index < -0.39 is 0 Å². The zero-order valence-corrected chi connectivity index (χ0v) is 7.87. The molecule has 0 aliphatic rings. The van der Waals surface area contributed by atoms with Crippen molar-refractivity contribution in [3.05, 3.63) is 30.4 Å². The summed E-state index contributed by atoms with van der Waals surface area (Å²) in [7, 11) is 0. The summed E-state index contributed by atoms with van der Waals surface area (Å²) in [5.74, 6) is 0.745. The van der Waals surface area contributed by atoms with Gasteiger partial charge in [0.2, 0.25) is 5.91 Å². The van der Waals surface area contributed by atoms with Crippen LogP contribution in [0.3, 0.4) is 0 Å². The number of carbonyl (C=O) groups excluding carboxylic acids is 1. The van der Waals surface area contributed by atoms with Crippen LogP contribution < -0.4 is 5.32 Å². The molecule has 0 aromatic carbocycles. The lowest BCUT2D eigenvalue weighted by molar-refractivity contribution is -0.117. The predicted octanol–water partition coefficient (Wildman–Crippen LogP) is 0.841. The summed E-state index contributed by atoms with van der Waals surface area (Å²) in [6, 6.07) is 0. The Bertz CT molecular complexity index is 327. The van der Waals surface area contributed by atoms with E-state index >= 15 is 0 Å². The van der Waals surface area contributed by atoms with Gasteiger partial charge >= 0.3 is 0 Å². The number of aryl methyl sites for hydroxylation is 1. The van der Waals surface area contributed by atoms with E-state index in [0.29, 0.717) is 12.2 Å². The van der Waals surface area contributed by atoms with Crippen molar-refractivity contribution < 1.29 is 4.79 Å². The van der Waals surface area contributed by atoms with Gasteiger partial charge in [0.15, 0.2) is 0 Å². The maximum absolute atomic E-state index is 11.1. The normalized spacial score (nSPS) is 9.69. The Morgan fingerprint density at radius 2 is 2.46 bits per heavy atom. The first-order valence-electron chi connectivity index (χ1n) is 4.02. The van der Waals surface area contributed by atoms with Crippen molar-refractivity contribution in [3.63, 3.8) is 0 Å². The summed E-state index contributed by atoms with van der Waals surface area (Å²) in [5.41, 5.74) is 0.512. The highest BCUT2D eigenvalue weighted by Crippen LogP contribution is 1.93. The Morgan fingerprint density at radius 1 is 1.77 bits per heavy atom. The van der Waals surface area contributed by atoms with Gasteiger partial charge in [-0.1, -0.05) is 6.58 Å². The largest absolute Gasteiger partial charge is 0.334 e. The van der Waals surface area contributed by atoms with E-state index in [1.54, 1.807) is 13.1 Å². The van der Waals surface area contributed by atoms with Crippen molar-refractivity contribution >= 4 is 5.91 Å². The third-order valence-corrected chi connectivity index (χ3v) is 1.72. The van der Waals surface area contributed by atoms with E-state index in [1.165, 1.54) is 0 Å². The second-order valence-electron chi connectivity index (χ2n) is 2.89. The number of nitrogens with zero attached hydrogens (tertiary/aromatic N) is 2. The van der Waals surface area contributed by atoms with Crippen LogP contribution in [-0.4, -0.2) is 15.5 Å². The van der Waals surface area contributed by atoms with Crippen molar-refractivity contribution in [2.75, 3.05) is 0 Å². The van der Waals surface area contributed by atoms with Crippen molar-refractivity contribution in [2.45, 2.75) is 20.5 Å². The third kappa shape index (κ3) is 2.43.